The van der Waals surface area contributed by atoms with Gasteiger partial charge in [-0.2, -0.15) is 0 Å². The van der Waals surface area contributed by atoms with Gasteiger partial charge in [-0.3, -0.25) is 4.79 Å². The molecule has 1 saturated heterocycles. The molecule has 2 heterocycles. The van der Waals surface area contributed by atoms with Crippen LogP contribution in [-0.2, 0) is 4.74 Å². The van der Waals surface area contributed by atoms with Crippen LogP contribution in [0.15, 0.2) is 41.2 Å². The Hall–Kier alpha value is -2.80. The van der Waals surface area contributed by atoms with Crippen LogP contribution in [0.4, 0.5) is 8.78 Å². The van der Waals surface area contributed by atoms with Crippen LogP contribution in [0.3, 0.4) is 0 Å². The van der Waals surface area contributed by atoms with E-state index in [1.807, 2.05) is 0 Å². The lowest BCUT2D eigenvalue weighted by Crippen LogP contribution is -2.15. The third-order valence-electron chi connectivity index (χ3n) is 4.05. The third-order valence-corrected chi connectivity index (χ3v) is 4.05. The molecule has 25 heavy (non-hydrogen) atoms. The number of hydrogen-bond acceptors (Lipinski definition) is 4. The summed E-state index contributed by atoms with van der Waals surface area (Å²) in [6, 6.07) is 7.61. The molecular weight excluding hydrogens is 330 g/mol. The summed E-state index contributed by atoms with van der Waals surface area (Å²) in [5.74, 6) is -0.542. The molecule has 0 aliphatic carbocycles. The Kier molecular flexibility index (Phi) is 3.93. The number of ether oxygens (including phenoxy) is 2. The Morgan fingerprint density at radius 3 is 2.72 bits per heavy atom. The molecule has 3 aromatic rings. The van der Waals surface area contributed by atoms with Crippen LogP contribution in [-0.4, -0.2) is 16.6 Å². The van der Waals surface area contributed by atoms with Crippen molar-refractivity contribution in [2.24, 2.45) is 0 Å². The highest BCUT2D eigenvalue weighted by molar-refractivity contribution is 5.79. The number of hydrogen-bond donors (Lipinski definition) is 1. The standard InChI is InChI=1S/C18H14F2N2O3/c19-10-3-5-11(6-4-10)25-16-8-12-14(9-13(16)20)21-17(22-18(12)23)15-2-1-7-24-15/h3-6,8-9,15H,1-2,7H2,(H,21,22,23). The van der Waals surface area contributed by atoms with Crippen molar-refractivity contribution in [2.45, 2.75) is 18.9 Å². The van der Waals surface area contributed by atoms with Gasteiger partial charge in [-0.05, 0) is 43.2 Å². The average molecular weight is 344 g/mol. The number of nitrogens with zero attached hydrogens (tertiary/aromatic N) is 1. The van der Waals surface area contributed by atoms with Gasteiger partial charge in [0.05, 0.1) is 10.9 Å². The first-order chi connectivity index (χ1) is 12.1. The van der Waals surface area contributed by atoms with Gasteiger partial charge in [0.25, 0.3) is 5.56 Å². The van der Waals surface area contributed by atoms with Crippen LogP contribution < -0.4 is 10.3 Å². The minimum Gasteiger partial charge on any atom is -0.454 e. The van der Waals surface area contributed by atoms with Crippen molar-refractivity contribution in [3.8, 4) is 11.5 Å². The van der Waals surface area contributed by atoms with Crippen molar-refractivity contribution >= 4 is 10.9 Å². The molecule has 0 saturated carbocycles. The number of rotatable bonds is 3. The predicted molar refractivity (Wildman–Crippen MR) is 86.7 cm³/mol. The molecule has 7 heteroatoms. The molecule has 128 valence electrons. The van der Waals surface area contributed by atoms with Crippen molar-refractivity contribution in [1.29, 1.82) is 0 Å². The summed E-state index contributed by atoms with van der Waals surface area (Å²) in [7, 11) is 0. The lowest BCUT2D eigenvalue weighted by Gasteiger charge is -2.11. The number of fused-ring (bicyclic) bond motifs is 1. The molecule has 1 N–H and O–H groups in total. The van der Waals surface area contributed by atoms with Gasteiger partial charge < -0.3 is 14.5 Å². The van der Waals surface area contributed by atoms with E-state index in [0.717, 1.165) is 18.9 Å². The number of aromatic nitrogens is 2. The second-order valence-corrected chi connectivity index (χ2v) is 5.81. The van der Waals surface area contributed by atoms with E-state index in [2.05, 4.69) is 9.97 Å². The second-order valence-electron chi connectivity index (χ2n) is 5.81. The Bertz CT molecular complexity index is 980. The maximum atomic E-state index is 14.3. The van der Waals surface area contributed by atoms with Gasteiger partial charge in [0.2, 0.25) is 0 Å². The summed E-state index contributed by atoms with van der Waals surface area (Å²) in [5, 5.41) is 0.209. The number of H-pyrrole nitrogens is 1. The van der Waals surface area contributed by atoms with Crippen molar-refractivity contribution in [1.82, 2.24) is 9.97 Å². The Labute approximate surface area is 141 Å². The fourth-order valence-corrected chi connectivity index (χ4v) is 2.81. The molecule has 1 aliphatic rings. The van der Waals surface area contributed by atoms with E-state index in [-0.39, 0.29) is 34.1 Å². The van der Waals surface area contributed by atoms with E-state index in [1.165, 1.54) is 30.3 Å². The van der Waals surface area contributed by atoms with E-state index < -0.39 is 11.6 Å². The molecule has 1 atom stereocenters. The Morgan fingerprint density at radius 1 is 1.20 bits per heavy atom. The number of nitrogens with one attached hydrogen (secondary N) is 1. The quantitative estimate of drug-likeness (QED) is 0.784. The average Bonchev–Trinajstić information content (AvgIpc) is 3.12. The molecule has 1 aliphatic heterocycles. The van der Waals surface area contributed by atoms with Crippen molar-refractivity contribution in [3.05, 3.63) is 64.2 Å². The van der Waals surface area contributed by atoms with Crippen LogP contribution in [0.1, 0.15) is 24.8 Å². The normalized spacial score (nSPS) is 17.1. The Balaban J connectivity index is 1.73. The fraction of sp³-hybridized carbons (Fsp3) is 0.222. The largest absolute Gasteiger partial charge is 0.454 e. The first kappa shape index (κ1) is 15.7. The van der Waals surface area contributed by atoms with Crippen LogP contribution in [0.25, 0.3) is 10.9 Å². The van der Waals surface area contributed by atoms with Crippen LogP contribution in [0.5, 0.6) is 11.5 Å². The summed E-state index contributed by atoms with van der Waals surface area (Å²) in [5.41, 5.74) is -0.155. The molecule has 0 amide bonds. The summed E-state index contributed by atoms with van der Waals surface area (Å²) in [6.45, 7) is 0.616. The van der Waals surface area contributed by atoms with Crippen LogP contribution in [0.2, 0.25) is 0 Å². The van der Waals surface area contributed by atoms with Gasteiger partial charge in [-0.1, -0.05) is 0 Å². The SMILES string of the molecule is O=c1[nH]c(C2CCCO2)nc2cc(F)c(Oc3ccc(F)cc3)cc12. The maximum absolute atomic E-state index is 14.3. The van der Waals surface area contributed by atoms with Crippen molar-refractivity contribution in [3.63, 3.8) is 0 Å². The molecule has 0 bridgehead atoms. The van der Waals surface area contributed by atoms with E-state index in [9.17, 15) is 13.6 Å². The highest BCUT2D eigenvalue weighted by Crippen LogP contribution is 2.29. The maximum Gasteiger partial charge on any atom is 0.258 e. The first-order valence-corrected chi connectivity index (χ1v) is 7.88. The van der Waals surface area contributed by atoms with E-state index in [1.54, 1.807) is 0 Å². The van der Waals surface area contributed by atoms with Crippen molar-refractivity contribution < 1.29 is 18.3 Å². The molecular formula is C18H14F2N2O3. The molecule has 1 fully saturated rings. The lowest BCUT2D eigenvalue weighted by molar-refractivity contribution is 0.105. The molecule has 0 spiro atoms. The van der Waals surface area contributed by atoms with Crippen LogP contribution >= 0.6 is 0 Å². The van der Waals surface area contributed by atoms with Gasteiger partial charge in [0, 0.05) is 12.7 Å². The zero-order valence-electron chi connectivity index (χ0n) is 13.1. The van der Waals surface area contributed by atoms with Gasteiger partial charge >= 0.3 is 0 Å². The number of halogens is 2. The fourth-order valence-electron chi connectivity index (χ4n) is 2.81. The minimum absolute atomic E-state index is 0.128. The van der Waals surface area contributed by atoms with E-state index in [4.69, 9.17) is 9.47 Å². The van der Waals surface area contributed by atoms with E-state index in [0.29, 0.717) is 12.4 Å². The van der Waals surface area contributed by atoms with Crippen molar-refractivity contribution in [2.75, 3.05) is 6.61 Å². The molecule has 2 aromatic carbocycles. The Morgan fingerprint density at radius 2 is 2.00 bits per heavy atom. The highest BCUT2D eigenvalue weighted by atomic mass is 19.1. The van der Waals surface area contributed by atoms with Crippen LogP contribution in [0, 0.1) is 11.6 Å². The van der Waals surface area contributed by atoms with Gasteiger partial charge in [-0.15, -0.1) is 0 Å². The predicted octanol–water partition coefficient (Wildman–Crippen LogP) is 3.85. The summed E-state index contributed by atoms with van der Waals surface area (Å²) in [6.07, 6.45) is 1.39. The molecule has 5 nitrogen and oxygen atoms in total. The summed E-state index contributed by atoms with van der Waals surface area (Å²) in [4.78, 5) is 19.3. The molecule has 1 aromatic heterocycles. The number of benzene rings is 2. The summed E-state index contributed by atoms with van der Waals surface area (Å²) < 4.78 is 38.2. The van der Waals surface area contributed by atoms with Gasteiger partial charge in [0.1, 0.15) is 23.5 Å². The topological polar surface area (TPSA) is 64.2 Å². The van der Waals surface area contributed by atoms with Gasteiger partial charge in [-0.25, -0.2) is 13.8 Å². The monoisotopic (exact) mass is 344 g/mol. The zero-order valence-corrected chi connectivity index (χ0v) is 13.1. The van der Waals surface area contributed by atoms with Gasteiger partial charge in [0.15, 0.2) is 11.6 Å². The van der Waals surface area contributed by atoms with E-state index >= 15 is 0 Å². The highest BCUT2D eigenvalue weighted by Gasteiger charge is 2.21. The molecule has 0 radical (unpaired) electrons. The molecule has 4 rings (SSSR count). The second kappa shape index (κ2) is 6.25. The third kappa shape index (κ3) is 3.10. The lowest BCUT2D eigenvalue weighted by atomic mass is 10.2. The number of aromatic amines is 1. The minimum atomic E-state index is -0.659. The zero-order chi connectivity index (χ0) is 17.4. The summed E-state index contributed by atoms with van der Waals surface area (Å²) >= 11 is 0. The smallest absolute Gasteiger partial charge is 0.258 e. The first-order valence-electron chi connectivity index (χ1n) is 7.88. The molecule has 1 unspecified atom stereocenters.